The smallest absolute Gasteiger partial charge is 0.253 e. The summed E-state index contributed by atoms with van der Waals surface area (Å²) in [5, 5.41) is 13.9. The molecule has 160 valence electrons. The van der Waals surface area contributed by atoms with Gasteiger partial charge in [0.1, 0.15) is 0 Å². The van der Waals surface area contributed by atoms with Gasteiger partial charge in [-0.3, -0.25) is 9.59 Å². The fourth-order valence-electron chi connectivity index (χ4n) is 4.90. The maximum absolute atomic E-state index is 13.8. The molecule has 0 aromatic heterocycles. The maximum Gasteiger partial charge on any atom is 0.253 e. The van der Waals surface area contributed by atoms with Crippen LogP contribution in [0.4, 0.5) is 4.39 Å². The number of carbonyl (C=O) groups is 2. The molecular formula is C24H34FNO3. The summed E-state index contributed by atoms with van der Waals surface area (Å²) in [5.74, 6) is -1.81. The zero-order chi connectivity index (χ0) is 21.8. The lowest BCUT2D eigenvalue weighted by molar-refractivity contribution is -0.141. The number of Topliss-reactive ketones (excluding diaryl/α,β-unsaturated/α-hetero) is 1. The Balaban J connectivity index is 1.91. The molecule has 29 heavy (non-hydrogen) atoms. The van der Waals surface area contributed by atoms with Crippen molar-refractivity contribution in [3.05, 3.63) is 34.7 Å². The molecular weight excluding hydrogens is 369 g/mol. The first-order valence-corrected chi connectivity index (χ1v) is 10.6. The minimum atomic E-state index is -1.88. The summed E-state index contributed by atoms with van der Waals surface area (Å²) in [5.41, 5.74) is 1.16. The maximum atomic E-state index is 13.8. The van der Waals surface area contributed by atoms with E-state index in [4.69, 9.17) is 0 Å². The molecule has 5 heteroatoms. The highest BCUT2D eigenvalue weighted by Gasteiger charge is 2.55. The molecule has 3 aliphatic rings. The van der Waals surface area contributed by atoms with Crippen molar-refractivity contribution in [1.82, 2.24) is 5.32 Å². The Morgan fingerprint density at radius 2 is 1.83 bits per heavy atom. The van der Waals surface area contributed by atoms with Gasteiger partial charge in [-0.15, -0.1) is 0 Å². The summed E-state index contributed by atoms with van der Waals surface area (Å²) in [7, 11) is 0. The Bertz CT molecular complexity index is 822. The van der Waals surface area contributed by atoms with E-state index in [1.54, 1.807) is 0 Å². The zero-order valence-corrected chi connectivity index (χ0v) is 18.5. The van der Waals surface area contributed by atoms with Crippen molar-refractivity contribution in [2.45, 2.75) is 85.3 Å². The fraction of sp³-hybridized carbons (Fsp3) is 0.667. The van der Waals surface area contributed by atoms with Gasteiger partial charge in [-0.25, -0.2) is 4.39 Å². The molecule has 0 bridgehead atoms. The highest BCUT2D eigenvalue weighted by atomic mass is 19.1. The van der Waals surface area contributed by atoms with Crippen molar-refractivity contribution in [1.29, 1.82) is 0 Å². The van der Waals surface area contributed by atoms with E-state index in [2.05, 4.69) is 46.9 Å². The third kappa shape index (κ3) is 4.11. The van der Waals surface area contributed by atoms with Crippen molar-refractivity contribution in [2.24, 2.45) is 16.7 Å². The minimum Gasteiger partial charge on any atom is -0.379 e. The number of amides is 1. The second kappa shape index (κ2) is 7.19. The summed E-state index contributed by atoms with van der Waals surface area (Å²) in [6, 6.07) is -0.308. The molecule has 1 saturated heterocycles. The van der Waals surface area contributed by atoms with Gasteiger partial charge in [0.2, 0.25) is 0 Å². The van der Waals surface area contributed by atoms with E-state index in [1.165, 1.54) is 11.6 Å². The van der Waals surface area contributed by atoms with Crippen LogP contribution in [0.1, 0.15) is 73.6 Å². The van der Waals surface area contributed by atoms with Gasteiger partial charge in [0.05, 0.1) is 5.83 Å². The molecule has 0 radical (unpaired) electrons. The van der Waals surface area contributed by atoms with Gasteiger partial charge in [0.15, 0.2) is 11.4 Å². The van der Waals surface area contributed by atoms with Crippen molar-refractivity contribution >= 4 is 11.7 Å². The number of halogens is 1. The number of ketones is 1. The first-order valence-electron chi connectivity index (χ1n) is 10.6. The number of aliphatic hydroxyl groups is 1. The largest absolute Gasteiger partial charge is 0.379 e. The van der Waals surface area contributed by atoms with Gasteiger partial charge in [-0.05, 0) is 47.3 Å². The molecule has 4 nitrogen and oxygen atoms in total. The highest BCUT2D eigenvalue weighted by molar-refractivity contribution is 6.02. The summed E-state index contributed by atoms with van der Waals surface area (Å²) in [6.45, 7) is 13.0. The average Bonchev–Trinajstić information content (AvgIpc) is 2.83. The summed E-state index contributed by atoms with van der Waals surface area (Å²) >= 11 is 0. The van der Waals surface area contributed by atoms with Crippen LogP contribution in [0, 0.1) is 16.7 Å². The van der Waals surface area contributed by atoms with Gasteiger partial charge in [-0.1, -0.05) is 53.2 Å². The van der Waals surface area contributed by atoms with Crippen LogP contribution in [0.2, 0.25) is 0 Å². The minimum absolute atomic E-state index is 0.00880. The third-order valence-electron chi connectivity index (χ3n) is 6.54. The van der Waals surface area contributed by atoms with Crippen LogP contribution in [0.15, 0.2) is 34.7 Å². The Labute approximate surface area is 173 Å². The molecule has 0 aromatic rings. The van der Waals surface area contributed by atoms with E-state index in [-0.39, 0.29) is 41.3 Å². The number of hydrogen-bond acceptors (Lipinski definition) is 3. The van der Waals surface area contributed by atoms with Gasteiger partial charge in [-0.2, -0.15) is 0 Å². The van der Waals surface area contributed by atoms with Crippen LogP contribution in [-0.4, -0.2) is 28.4 Å². The predicted octanol–water partition coefficient (Wildman–Crippen LogP) is 4.55. The molecule has 1 fully saturated rings. The number of nitrogens with one attached hydrogen (secondary N) is 1. The molecule has 3 unspecified atom stereocenters. The number of rotatable bonds is 3. The van der Waals surface area contributed by atoms with Crippen molar-refractivity contribution < 1.29 is 19.1 Å². The lowest BCUT2D eigenvalue weighted by Crippen LogP contribution is -2.44. The lowest BCUT2D eigenvalue weighted by atomic mass is 9.69. The SMILES string of the molecule is CC(C)(C)C1=C(C(C)(C)C)CCC(C(=O)CC2(O)C(=O)NC3CCC(F)=CC32)=C1. The number of allylic oxidation sites excluding steroid dienone is 5. The number of fused-ring (bicyclic) bond motifs is 1. The van der Waals surface area contributed by atoms with Gasteiger partial charge in [0, 0.05) is 24.8 Å². The van der Waals surface area contributed by atoms with E-state index >= 15 is 0 Å². The fourth-order valence-corrected chi connectivity index (χ4v) is 4.90. The van der Waals surface area contributed by atoms with Crippen LogP contribution in [0.25, 0.3) is 0 Å². The van der Waals surface area contributed by atoms with E-state index < -0.39 is 17.4 Å². The molecule has 1 amide bonds. The van der Waals surface area contributed by atoms with Crippen molar-refractivity contribution in [2.75, 3.05) is 0 Å². The van der Waals surface area contributed by atoms with Crippen LogP contribution in [0.5, 0.6) is 0 Å². The van der Waals surface area contributed by atoms with Crippen molar-refractivity contribution in [3.8, 4) is 0 Å². The highest BCUT2D eigenvalue weighted by Crippen LogP contribution is 2.45. The molecule has 1 heterocycles. The first kappa shape index (κ1) is 21.9. The standard InChI is InChI=1S/C24H34FNO3/c1-22(2,3)16-9-7-14(11-17(16)23(4,5)6)20(27)13-24(29)18-12-15(25)8-10-19(18)26-21(24)28/h11-12,18-19,29H,7-10,13H2,1-6H3,(H,26,28). The van der Waals surface area contributed by atoms with Gasteiger partial charge >= 0.3 is 0 Å². The van der Waals surface area contributed by atoms with Crippen LogP contribution < -0.4 is 5.32 Å². The molecule has 2 N–H and O–H groups in total. The quantitative estimate of drug-likeness (QED) is 0.727. The van der Waals surface area contributed by atoms with E-state index in [0.717, 1.165) is 12.0 Å². The summed E-state index contributed by atoms with van der Waals surface area (Å²) < 4.78 is 13.8. The molecule has 1 aliphatic heterocycles. The van der Waals surface area contributed by atoms with E-state index in [0.29, 0.717) is 18.4 Å². The van der Waals surface area contributed by atoms with Crippen LogP contribution in [-0.2, 0) is 9.59 Å². The molecule has 0 aromatic carbocycles. The molecule has 3 rings (SSSR count). The number of hydrogen-bond donors (Lipinski definition) is 2. The van der Waals surface area contributed by atoms with Gasteiger partial charge in [0.25, 0.3) is 5.91 Å². The second-order valence-corrected chi connectivity index (χ2v) is 10.8. The molecule has 2 aliphatic carbocycles. The van der Waals surface area contributed by atoms with Crippen molar-refractivity contribution in [3.63, 3.8) is 0 Å². The first-order chi connectivity index (χ1) is 13.2. The Morgan fingerprint density at radius 3 is 2.41 bits per heavy atom. The van der Waals surface area contributed by atoms with E-state index in [1.807, 2.05) is 6.08 Å². The van der Waals surface area contributed by atoms with Crippen LogP contribution >= 0.6 is 0 Å². The molecule has 0 saturated carbocycles. The summed E-state index contributed by atoms with van der Waals surface area (Å²) in [6.07, 6.45) is 5.08. The zero-order valence-electron chi connectivity index (χ0n) is 18.5. The number of carbonyl (C=O) groups excluding carboxylic acids is 2. The second-order valence-electron chi connectivity index (χ2n) is 10.8. The van der Waals surface area contributed by atoms with Gasteiger partial charge < -0.3 is 10.4 Å². The average molecular weight is 404 g/mol. The topological polar surface area (TPSA) is 66.4 Å². The third-order valence-corrected chi connectivity index (χ3v) is 6.54. The molecule has 3 atom stereocenters. The summed E-state index contributed by atoms with van der Waals surface area (Å²) in [4.78, 5) is 25.6. The predicted molar refractivity (Wildman–Crippen MR) is 112 cm³/mol. The molecule has 0 spiro atoms. The Kier molecular flexibility index (Phi) is 5.44. The van der Waals surface area contributed by atoms with Crippen LogP contribution in [0.3, 0.4) is 0 Å². The Hall–Kier alpha value is -1.75. The van der Waals surface area contributed by atoms with E-state index in [9.17, 15) is 19.1 Å². The monoisotopic (exact) mass is 403 g/mol. The normalized spacial score (nSPS) is 30.6. The Morgan fingerprint density at radius 1 is 1.17 bits per heavy atom. The lowest BCUT2D eigenvalue weighted by Gasteiger charge is -2.36.